The molecule has 0 saturated heterocycles. The first kappa shape index (κ1) is 18.1. The third-order valence-corrected chi connectivity index (χ3v) is 2.90. The lowest BCUT2D eigenvalue weighted by molar-refractivity contribution is 0.0413. The van der Waals surface area contributed by atoms with Crippen LogP contribution in [0.2, 0.25) is 0 Å². The number of carbonyl (C=O) groups is 2. The van der Waals surface area contributed by atoms with Crippen LogP contribution < -0.4 is 0 Å². The van der Waals surface area contributed by atoms with E-state index in [4.69, 9.17) is 9.47 Å². The molecule has 1 aromatic heterocycles. The standard InChI is InChI=1S/C17H25NO4/c1-6-21-15(19)13-8-7-9-14(18-13)16(20)22-11-12(2)10-17(3,4)5/h7-9,12H,6,10-11H2,1-5H3. The number of carbonyl (C=O) groups excluding carboxylic acids is 2. The van der Waals surface area contributed by atoms with E-state index in [0.717, 1.165) is 6.42 Å². The van der Waals surface area contributed by atoms with Gasteiger partial charge in [0, 0.05) is 0 Å². The number of pyridine rings is 1. The van der Waals surface area contributed by atoms with Crippen molar-refractivity contribution in [3.8, 4) is 0 Å². The average Bonchev–Trinajstić information content (AvgIpc) is 2.43. The van der Waals surface area contributed by atoms with Crippen LogP contribution in [0.15, 0.2) is 18.2 Å². The highest BCUT2D eigenvalue weighted by atomic mass is 16.5. The Bertz CT molecular complexity index is 520. The third kappa shape index (κ3) is 6.24. The summed E-state index contributed by atoms with van der Waals surface area (Å²) in [5.74, 6) is -0.803. The molecule has 0 aliphatic rings. The number of nitrogens with zero attached hydrogens (tertiary/aromatic N) is 1. The van der Waals surface area contributed by atoms with Gasteiger partial charge in [0.05, 0.1) is 13.2 Å². The molecule has 1 aromatic rings. The van der Waals surface area contributed by atoms with E-state index in [1.165, 1.54) is 12.1 Å². The number of rotatable bonds is 6. The van der Waals surface area contributed by atoms with Gasteiger partial charge in [0.25, 0.3) is 0 Å². The minimum atomic E-state index is -0.543. The minimum absolute atomic E-state index is 0.110. The van der Waals surface area contributed by atoms with Gasteiger partial charge in [-0.3, -0.25) is 0 Å². The van der Waals surface area contributed by atoms with Gasteiger partial charge in [0.1, 0.15) is 11.4 Å². The zero-order valence-corrected chi connectivity index (χ0v) is 14.0. The molecule has 0 aliphatic carbocycles. The molecule has 0 N–H and O–H groups in total. The highest BCUT2D eigenvalue weighted by Crippen LogP contribution is 2.24. The summed E-state index contributed by atoms with van der Waals surface area (Å²) in [5, 5.41) is 0. The van der Waals surface area contributed by atoms with Crippen molar-refractivity contribution in [1.82, 2.24) is 4.98 Å². The molecule has 122 valence electrons. The molecule has 1 atom stereocenters. The Labute approximate surface area is 132 Å². The molecule has 0 aromatic carbocycles. The molecule has 0 fully saturated rings. The normalized spacial score (nSPS) is 12.6. The maximum Gasteiger partial charge on any atom is 0.356 e. The Morgan fingerprint density at radius 3 is 2.18 bits per heavy atom. The second-order valence-corrected chi connectivity index (χ2v) is 6.60. The Kier molecular flexibility index (Phi) is 6.53. The van der Waals surface area contributed by atoms with Crippen LogP contribution in [0, 0.1) is 11.3 Å². The quantitative estimate of drug-likeness (QED) is 0.753. The van der Waals surface area contributed by atoms with Gasteiger partial charge in [-0.15, -0.1) is 0 Å². The van der Waals surface area contributed by atoms with Crippen LogP contribution in [0.5, 0.6) is 0 Å². The molecule has 1 unspecified atom stereocenters. The summed E-state index contributed by atoms with van der Waals surface area (Å²) in [7, 11) is 0. The highest BCUT2D eigenvalue weighted by Gasteiger charge is 2.18. The van der Waals surface area contributed by atoms with Gasteiger partial charge in [-0.2, -0.15) is 0 Å². The Morgan fingerprint density at radius 2 is 1.68 bits per heavy atom. The van der Waals surface area contributed by atoms with Crippen LogP contribution >= 0.6 is 0 Å². The molecule has 5 heteroatoms. The van der Waals surface area contributed by atoms with Crippen molar-refractivity contribution in [3.63, 3.8) is 0 Å². The minimum Gasteiger partial charge on any atom is -0.461 e. The number of hydrogen-bond acceptors (Lipinski definition) is 5. The maximum atomic E-state index is 12.0. The Balaban J connectivity index is 2.62. The molecule has 5 nitrogen and oxygen atoms in total. The summed E-state index contributed by atoms with van der Waals surface area (Å²) in [6.07, 6.45) is 0.955. The van der Waals surface area contributed by atoms with Gasteiger partial charge in [-0.25, -0.2) is 14.6 Å². The van der Waals surface area contributed by atoms with Crippen molar-refractivity contribution in [2.45, 2.75) is 41.0 Å². The van der Waals surface area contributed by atoms with E-state index in [2.05, 4.69) is 25.8 Å². The van der Waals surface area contributed by atoms with Gasteiger partial charge in [-0.05, 0) is 36.8 Å². The number of ether oxygens (including phenoxy) is 2. The van der Waals surface area contributed by atoms with Crippen molar-refractivity contribution in [1.29, 1.82) is 0 Å². The lowest BCUT2D eigenvalue weighted by atomic mass is 9.86. The van der Waals surface area contributed by atoms with E-state index >= 15 is 0 Å². The summed E-state index contributed by atoms with van der Waals surface area (Å²) >= 11 is 0. The first-order valence-corrected chi connectivity index (χ1v) is 7.54. The largest absolute Gasteiger partial charge is 0.461 e. The van der Waals surface area contributed by atoms with Gasteiger partial charge >= 0.3 is 11.9 Å². The van der Waals surface area contributed by atoms with E-state index in [1.54, 1.807) is 13.0 Å². The summed E-state index contributed by atoms with van der Waals surface area (Å²) in [6, 6.07) is 4.63. The molecule has 0 spiro atoms. The molecular formula is C17H25NO4. The molecule has 0 radical (unpaired) electrons. The lowest BCUT2D eigenvalue weighted by Gasteiger charge is -2.22. The molecule has 22 heavy (non-hydrogen) atoms. The summed E-state index contributed by atoms with van der Waals surface area (Å²) in [5.41, 5.74) is 0.418. The van der Waals surface area contributed by atoms with Crippen molar-refractivity contribution in [3.05, 3.63) is 29.6 Å². The molecule has 0 amide bonds. The van der Waals surface area contributed by atoms with E-state index in [9.17, 15) is 9.59 Å². The second-order valence-electron chi connectivity index (χ2n) is 6.60. The van der Waals surface area contributed by atoms with Gasteiger partial charge < -0.3 is 9.47 Å². The fourth-order valence-electron chi connectivity index (χ4n) is 2.26. The van der Waals surface area contributed by atoms with E-state index in [0.29, 0.717) is 6.61 Å². The molecule has 0 aliphatic heterocycles. The first-order chi connectivity index (χ1) is 10.2. The zero-order valence-electron chi connectivity index (χ0n) is 14.0. The van der Waals surface area contributed by atoms with Crippen molar-refractivity contribution in [2.75, 3.05) is 13.2 Å². The molecule has 0 saturated carbocycles. The third-order valence-electron chi connectivity index (χ3n) is 2.90. The fourth-order valence-corrected chi connectivity index (χ4v) is 2.26. The molecular weight excluding hydrogens is 282 g/mol. The van der Waals surface area contributed by atoms with Crippen LogP contribution in [0.4, 0.5) is 0 Å². The topological polar surface area (TPSA) is 65.5 Å². The lowest BCUT2D eigenvalue weighted by Crippen LogP contribution is -2.19. The molecule has 1 rings (SSSR count). The van der Waals surface area contributed by atoms with Gasteiger partial charge in [-0.1, -0.05) is 33.8 Å². The molecule has 0 bridgehead atoms. The van der Waals surface area contributed by atoms with E-state index in [1.807, 2.05) is 6.92 Å². The van der Waals surface area contributed by atoms with Crippen molar-refractivity contribution >= 4 is 11.9 Å². The maximum absolute atomic E-state index is 12.0. The van der Waals surface area contributed by atoms with Gasteiger partial charge in [0.15, 0.2) is 0 Å². The van der Waals surface area contributed by atoms with Crippen LogP contribution in [-0.4, -0.2) is 30.1 Å². The Hall–Kier alpha value is -1.91. The average molecular weight is 307 g/mol. The van der Waals surface area contributed by atoms with Crippen LogP contribution in [0.3, 0.4) is 0 Å². The predicted molar refractivity (Wildman–Crippen MR) is 83.7 cm³/mol. The molecule has 1 heterocycles. The zero-order chi connectivity index (χ0) is 16.8. The van der Waals surface area contributed by atoms with Crippen molar-refractivity contribution < 1.29 is 19.1 Å². The number of esters is 2. The monoisotopic (exact) mass is 307 g/mol. The predicted octanol–water partition coefficient (Wildman–Crippen LogP) is 3.49. The second kappa shape index (κ2) is 7.92. The summed E-state index contributed by atoms with van der Waals surface area (Å²) in [4.78, 5) is 27.6. The highest BCUT2D eigenvalue weighted by molar-refractivity contribution is 5.91. The summed E-state index contributed by atoms with van der Waals surface area (Å²) in [6.45, 7) is 10.8. The van der Waals surface area contributed by atoms with Crippen LogP contribution in [-0.2, 0) is 9.47 Å². The van der Waals surface area contributed by atoms with Crippen LogP contribution in [0.25, 0.3) is 0 Å². The fraction of sp³-hybridized carbons (Fsp3) is 0.588. The van der Waals surface area contributed by atoms with Gasteiger partial charge in [0.2, 0.25) is 0 Å². The van der Waals surface area contributed by atoms with Crippen LogP contribution in [0.1, 0.15) is 62.0 Å². The van der Waals surface area contributed by atoms with E-state index in [-0.39, 0.29) is 29.3 Å². The summed E-state index contributed by atoms with van der Waals surface area (Å²) < 4.78 is 10.1. The SMILES string of the molecule is CCOC(=O)c1cccc(C(=O)OCC(C)CC(C)(C)C)n1. The smallest absolute Gasteiger partial charge is 0.356 e. The number of aromatic nitrogens is 1. The van der Waals surface area contributed by atoms with Crippen molar-refractivity contribution in [2.24, 2.45) is 11.3 Å². The number of hydrogen-bond donors (Lipinski definition) is 0. The van der Waals surface area contributed by atoms with E-state index < -0.39 is 11.9 Å². The Morgan fingerprint density at radius 1 is 1.14 bits per heavy atom. The first-order valence-electron chi connectivity index (χ1n) is 7.54.